The van der Waals surface area contributed by atoms with Crippen LogP contribution in [-0.4, -0.2) is 43.3 Å². The number of methoxy groups -OCH3 is 1. The molecule has 1 aromatic carbocycles. The normalized spacial score (nSPS) is 11.1. The second kappa shape index (κ2) is 8.58. The van der Waals surface area contributed by atoms with E-state index >= 15 is 0 Å². The van der Waals surface area contributed by atoms with Gasteiger partial charge in [-0.15, -0.1) is 0 Å². The zero-order chi connectivity index (χ0) is 14.0. The standard InChI is InChI=1S/C15H22N4O/c1-20-11-10-16-6-3-7-17-12-13-4-2-5-14-15(13)19-9-8-18-14/h2,4-5,8-9,16-17H,3,6-7,10-12H2,1H3. The van der Waals surface area contributed by atoms with Crippen LogP contribution in [0.1, 0.15) is 12.0 Å². The summed E-state index contributed by atoms with van der Waals surface area (Å²) >= 11 is 0. The highest BCUT2D eigenvalue weighted by molar-refractivity contribution is 5.77. The maximum absolute atomic E-state index is 4.98. The van der Waals surface area contributed by atoms with Gasteiger partial charge >= 0.3 is 0 Å². The summed E-state index contributed by atoms with van der Waals surface area (Å²) in [5.74, 6) is 0. The number of hydrogen-bond donors (Lipinski definition) is 2. The maximum atomic E-state index is 4.98. The number of nitrogens with zero attached hydrogens (tertiary/aromatic N) is 2. The Hall–Kier alpha value is -1.56. The lowest BCUT2D eigenvalue weighted by Crippen LogP contribution is -2.24. The van der Waals surface area contributed by atoms with E-state index in [4.69, 9.17) is 4.74 Å². The third-order valence-corrected chi connectivity index (χ3v) is 3.09. The van der Waals surface area contributed by atoms with Crippen LogP contribution in [0.4, 0.5) is 0 Å². The van der Waals surface area contributed by atoms with Crippen molar-refractivity contribution >= 4 is 11.0 Å². The molecule has 0 spiro atoms. The monoisotopic (exact) mass is 274 g/mol. The Morgan fingerprint density at radius 2 is 1.90 bits per heavy atom. The molecule has 0 aliphatic heterocycles. The Labute approximate surface area is 119 Å². The third-order valence-electron chi connectivity index (χ3n) is 3.09. The Balaban J connectivity index is 1.71. The van der Waals surface area contributed by atoms with Crippen molar-refractivity contribution in [3.8, 4) is 0 Å². The summed E-state index contributed by atoms with van der Waals surface area (Å²) in [6.45, 7) is 4.49. The molecule has 108 valence electrons. The Morgan fingerprint density at radius 3 is 2.80 bits per heavy atom. The summed E-state index contributed by atoms with van der Waals surface area (Å²) in [4.78, 5) is 8.72. The first-order valence-corrected chi connectivity index (χ1v) is 7.01. The molecule has 2 rings (SSSR count). The number of ether oxygens (including phenoxy) is 1. The van der Waals surface area contributed by atoms with Crippen LogP contribution in [0, 0.1) is 0 Å². The maximum Gasteiger partial charge on any atom is 0.0931 e. The van der Waals surface area contributed by atoms with Crippen molar-refractivity contribution in [3.63, 3.8) is 0 Å². The number of fused-ring (bicyclic) bond motifs is 1. The van der Waals surface area contributed by atoms with Gasteiger partial charge in [-0.05, 0) is 31.1 Å². The Morgan fingerprint density at radius 1 is 1.05 bits per heavy atom. The molecule has 0 aliphatic carbocycles. The van der Waals surface area contributed by atoms with Crippen LogP contribution in [0.3, 0.4) is 0 Å². The molecule has 20 heavy (non-hydrogen) atoms. The van der Waals surface area contributed by atoms with E-state index in [2.05, 4.69) is 26.7 Å². The van der Waals surface area contributed by atoms with E-state index in [0.29, 0.717) is 0 Å². The predicted molar refractivity (Wildman–Crippen MR) is 80.6 cm³/mol. The molecule has 2 aromatic rings. The van der Waals surface area contributed by atoms with Gasteiger partial charge in [0.05, 0.1) is 17.6 Å². The third kappa shape index (κ3) is 4.52. The molecule has 5 heteroatoms. The summed E-state index contributed by atoms with van der Waals surface area (Å²) in [5, 5.41) is 6.77. The van der Waals surface area contributed by atoms with Gasteiger partial charge in [0.2, 0.25) is 0 Å². The van der Waals surface area contributed by atoms with Crippen LogP contribution in [0.5, 0.6) is 0 Å². The van der Waals surface area contributed by atoms with Gasteiger partial charge in [0.1, 0.15) is 0 Å². The van der Waals surface area contributed by atoms with E-state index in [0.717, 1.165) is 50.2 Å². The van der Waals surface area contributed by atoms with Crippen LogP contribution in [-0.2, 0) is 11.3 Å². The van der Waals surface area contributed by atoms with Crippen molar-refractivity contribution in [1.82, 2.24) is 20.6 Å². The van der Waals surface area contributed by atoms with Gasteiger partial charge in [0.25, 0.3) is 0 Å². The van der Waals surface area contributed by atoms with E-state index in [1.807, 2.05) is 12.1 Å². The minimum Gasteiger partial charge on any atom is -0.383 e. The molecule has 0 bridgehead atoms. The van der Waals surface area contributed by atoms with Crippen molar-refractivity contribution in [2.45, 2.75) is 13.0 Å². The van der Waals surface area contributed by atoms with Crippen LogP contribution >= 0.6 is 0 Å². The number of para-hydroxylation sites is 1. The molecule has 1 heterocycles. The molecule has 0 saturated heterocycles. The first-order valence-electron chi connectivity index (χ1n) is 7.01. The first-order chi connectivity index (χ1) is 9.92. The Bertz CT molecular complexity index is 513. The van der Waals surface area contributed by atoms with Crippen molar-refractivity contribution in [2.24, 2.45) is 0 Å². The van der Waals surface area contributed by atoms with E-state index < -0.39 is 0 Å². The van der Waals surface area contributed by atoms with Gasteiger partial charge < -0.3 is 15.4 Å². The smallest absolute Gasteiger partial charge is 0.0931 e. The Kier molecular flexibility index (Phi) is 6.37. The van der Waals surface area contributed by atoms with E-state index in [-0.39, 0.29) is 0 Å². The van der Waals surface area contributed by atoms with Gasteiger partial charge in [-0.1, -0.05) is 12.1 Å². The largest absolute Gasteiger partial charge is 0.383 e. The lowest BCUT2D eigenvalue weighted by molar-refractivity contribution is 0.199. The second-order valence-corrected chi connectivity index (χ2v) is 4.61. The summed E-state index contributed by atoms with van der Waals surface area (Å²) in [5.41, 5.74) is 3.14. The molecule has 0 atom stereocenters. The zero-order valence-corrected chi connectivity index (χ0v) is 11.9. The minimum absolute atomic E-state index is 0.766. The van der Waals surface area contributed by atoms with Crippen molar-refractivity contribution < 1.29 is 4.74 Å². The fraction of sp³-hybridized carbons (Fsp3) is 0.467. The quantitative estimate of drug-likeness (QED) is 0.676. The molecule has 2 N–H and O–H groups in total. The molecule has 5 nitrogen and oxygen atoms in total. The molecule has 0 aliphatic rings. The van der Waals surface area contributed by atoms with E-state index in [1.54, 1.807) is 19.5 Å². The molecule has 0 unspecified atom stereocenters. The fourth-order valence-electron chi connectivity index (χ4n) is 2.06. The van der Waals surface area contributed by atoms with Gasteiger partial charge in [-0.25, -0.2) is 0 Å². The van der Waals surface area contributed by atoms with E-state index in [9.17, 15) is 0 Å². The molecule has 1 aromatic heterocycles. The molecule has 0 saturated carbocycles. The van der Waals surface area contributed by atoms with Gasteiger partial charge in [-0.2, -0.15) is 0 Å². The van der Waals surface area contributed by atoms with Crippen LogP contribution in [0.15, 0.2) is 30.6 Å². The highest BCUT2D eigenvalue weighted by Crippen LogP contribution is 2.13. The van der Waals surface area contributed by atoms with Crippen molar-refractivity contribution in [2.75, 3.05) is 33.4 Å². The molecule has 0 amide bonds. The van der Waals surface area contributed by atoms with Crippen LogP contribution < -0.4 is 10.6 Å². The summed E-state index contributed by atoms with van der Waals surface area (Å²) in [6.07, 6.45) is 4.57. The van der Waals surface area contributed by atoms with E-state index in [1.165, 1.54) is 5.56 Å². The van der Waals surface area contributed by atoms with Gasteiger partial charge in [0.15, 0.2) is 0 Å². The van der Waals surface area contributed by atoms with Crippen molar-refractivity contribution in [3.05, 3.63) is 36.2 Å². The highest BCUT2D eigenvalue weighted by atomic mass is 16.5. The van der Waals surface area contributed by atoms with Crippen LogP contribution in [0.2, 0.25) is 0 Å². The summed E-state index contributed by atoms with van der Waals surface area (Å²) in [7, 11) is 1.72. The molecule has 0 fully saturated rings. The second-order valence-electron chi connectivity index (χ2n) is 4.61. The lowest BCUT2D eigenvalue weighted by atomic mass is 10.1. The zero-order valence-electron chi connectivity index (χ0n) is 11.9. The van der Waals surface area contributed by atoms with Gasteiger partial charge in [0, 0.05) is 32.6 Å². The highest BCUT2D eigenvalue weighted by Gasteiger charge is 2.01. The average molecular weight is 274 g/mol. The first kappa shape index (κ1) is 14.8. The number of hydrogen-bond acceptors (Lipinski definition) is 5. The summed E-state index contributed by atoms with van der Waals surface area (Å²) in [6, 6.07) is 6.12. The average Bonchev–Trinajstić information content (AvgIpc) is 2.50. The van der Waals surface area contributed by atoms with Crippen LogP contribution in [0.25, 0.3) is 11.0 Å². The SMILES string of the molecule is COCCNCCCNCc1cccc2nccnc12. The molecular formula is C15H22N4O. The minimum atomic E-state index is 0.766. The topological polar surface area (TPSA) is 59.1 Å². The predicted octanol–water partition coefficient (Wildman–Crippen LogP) is 1.35. The number of aromatic nitrogens is 2. The van der Waals surface area contributed by atoms with Crippen molar-refractivity contribution in [1.29, 1.82) is 0 Å². The molecular weight excluding hydrogens is 252 g/mol. The lowest BCUT2D eigenvalue weighted by Gasteiger charge is -2.07. The fourth-order valence-corrected chi connectivity index (χ4v) is 2.06. The summed E-state index contributed by atoms with van der Waals surface area (Å²) < 4.78 is 4.98. The number of rotatable bonds is 9. The van der Waals surface area contributed by atoms with Gasteiger partial charge in [-0.3, -0.25) is 9.97 Å². The number of nitrogens with one attached hydrogen (secondary N) is 2. The molecule has 0 radical (unpaired) electrons. The number of benzene rings is 1.